The van der Waals surface area contributed by atoms with Gasteiger partial charge in [0.2, 0.25) is 0 Å². The van der Waals surface area contributed by atoms with Crippen LogP contribution < -0.4 is 5.19 Å². The number of fused-ring (bicyclic) bond motifs is 3. The second-order valence-corrected chi connectivity index (χ2v) is 14.6. The maximum absolute atomic E-state index is 4.71. The van der Waals surface area contributed by atoms with Crippen LogP contribution >= 0.6 is 11.3 Å². The maximum atomic E-state index is 4.71. The minimum Gasteiger partial charge on any atom is -0.256 e. The largest absolute Gasteiger partial charge is 0.256 e. The molecule has 0 bridgehead atoms. The van der Waals surface area contributed by atoms with Crippen molar-refractivity contribution in [2.45, 2.75) is 38.4 Å². The molecule has 0 amide bonds. The molecule has 0 atom stereocenters. The molecule has 130 valence electrons. The Bertz CT molecular complexity index is 1130. The monoisotopic (exact) mass is 373 g/mol. The number of rotatable bonds is 3. The molecule has 4 aromatic rings. The molecule has 2 aromatic heterocycles. The van der Waals surface area contributed by atoms with Gasteiger partial charge in [0.1, 0.15) is 0 Å². The molecule has 1 aliphatic carbocycles. The Hall–Kier alpha value is -1.97. The molecule has 1 aliphatic rings. The number of thiophene rings is 1. The van der Waals surface area contributed by atoms with Crippen LogP contribution in [0.1, 0.15) is 24.3 Å². The number of aromatic nitrogens is 1. The number of benzene rings is 2. The molecule has 0 unspecified atom stereocenters. The Balaban J connectivity index is 1.73. The lowest BCUT2D eigenvalue weighted by Gasteiger charge is -2.16. The van der Waals surface area contributed by atoms with Gasteiger partial charge in [0.15, 0.2) is 0 Å². The minimum absolute atomic E-state index is 0.762. The van der Waals surface area contributed by atoms with Gasteiger partial charge in [-0.1, -0.05) is 55.2 Å². The lowest BCUT2D eigenvalue weighted by Crippen LogP contribution is -2.37. The van der Waals surface area contributed by atoms with Crippen LogP contribution in [0.15, 0.2) is 54.7 Å². The van der Waals surface area contributed by atoms with Gasteiger partial charge in [-0.05, 0) is 42.5 Å². The first kappa shape index (κ1) is 16.2. The minimum atomic E-state index is -1.31. The Morgan fingerprint density at radius 3 is 2.58 bits per heavy atom. The van der Waals surface area contributed by atoms with Gasteiger partial charge in [0.25, 0.3) is 0 Å². The fourth-order valence-corrected chi connectivity index (χ4v) is 6.10. The number of nitrogens with zero attached hydrogens (tertiary/aromatic N) is 1. The molecule has 0 aliphatic heterocycles. The van der Waals surface area contributed by atoms with Crippen LogP contribution in [0.3, 0.4) is 0 Å². The molecule has 1 nitrogen and oxygen atoms in total. The molecular formula is C23H23NSSi. The zero-order chi connectivity index (χ0) is 17.9. The average Bonchev–Trinajstić information content (AvgIpc) is 3.41. The molecule has 0 N–H and O–H groups in total. The summed E-state index contributed by atoms with van der Waals surface area (Å²) in [6.07, 6.45) is 4.64. The molecular weight excluding hydrogens is 350 g/mol. The highest BCUT2D eigenvalue weighted by Gasteiger charge is 2.24. The summed E-state index contributed by atoms with van der Waals surface area (Å²) in [5.41, 5.74) is 3.85. The molecule has 3 heteroatoms. The molecule has 0 radical (unpaired) electrons. The Morgan fingerprint density at radius 2 is 1.81 bits per heavy atom. The maximum Gasteiger partial charge on any atom is 0.0776 e. The summed E-state index contributed by atoms with van der Waals surface area (Å²) in [6, 6.07) is 18.3. The molecule has 1 saturated carbocycles. The fraction of sp³-hybridized carbons (Fsp3) is 0.261. The molecule has 1 fully saturated rings. The Kier molecular flexibility index (Phi) is 3.60. The first-order valence-corrected chi connectivity index (χ1v) is 13.7. The lowest BCUT2D eigenvalue weighted by molar-refractivity contribution is 1.11. The lowest BCUT2D eigenvalue weighted by atomic mass is 10.0. The predicted molar refractivity (Wildman–Crippen MR) is 118 cm³/mol. The van der Waals surface area contributed by atoms with Gasteiger partial charge in [-0.3, -0.25) is 4.98 Å². The van der Waals surface area contributed by atoms with E-state index in [0.717, 1.165) is 11.6 Å². The van der Waals surface area contributed by atoms with E-state index >= 15 is 0 Å². The van der Waals surface area contributed by atoms with Crippen molar-refractivity contribution in [2.24, 2.45) is 0 Å². The van der Waals surface area contributed by atoms with Crippen molar-refractivity contribution in [3.05, 3.63) is 60.3 Å². The molecule has 0 saturated heterocycles. The standard InChI is InChI=1S/C23H23NSSi/c1-26(2,3)17-9-10-22-20(14-17)18-5-4-6-19(23(18)25-22)21-13-16(11-12-24-21)15-7-8-15/h4-6,9-15H,7-8H2,1-3H3. The van der Waals surface area contributed by atoms with Crippen molar-refractivity contribution in [3.8, 4) is 11.3 Å². The van der Waals surface area contributed by atoms with E-state index in [2.05, 4.69) is 68.2 Å². The smallest absolute Gasteiger partial charge is 0.0776 e. The van der Waals surface area contributed by atoms with E-state index < -0.39 is 8.07 Å². The molecule has 2 aromatic carbocycles. The number of hydrogen-bond acceptors (Lipinski definition) is 2. The highest BCUT2D eigenvalue weighted by Crippen LogP contribution is 2.43. The summed E-state index contributed by atoms with van der Waals surface area (Å²) in [5.74, 6) is 0.762. The first-order chi connectivity index (χ1) is 12.5. The number of hydrogen-bond donors (Lipinski definition) is 0. The van der Waals surface area contributed by atoms with Crippen molar-refractivity contribution in [2.75, 3.05) is 0 Å². The molecule has 0 spiro atoms. The van der Waals surface area contributed by atoms with Crippen LogP contribution in [0.25, 0.3) is 31.4 Å². The van der Waals surface area contributed by atoms with E-state index in [0.29, 0.717) is 0 Å². The summed E-state index contributed by atoms with van der Waals surface area (Å²) < 4.78 is 2.75. The summed E-state index contributed by atoms with van der Waals surface area (Å²) >= 11 is 1.91. The third-order valence-electron chi connectivity index (χ3n) is 5.47. The van der Waals surface area contributed by atoms with Gasteiger partial charge in [-0.2, -0.15) is 0 Å². The van der Waals surface area contributed by atoms with Gasteiger partial charge in [0.05, 0.1) is 13.8 Å². The van der Waals surface area contributed by atoms with Crippen molar-refractivity contribution in [3.63, 3.8) is 0 Å². The second kappa shape index (κ2) is 5.76. The van der Waals surface area contributed by atoms with E-state index in [1.165, 1.54) is 49.3 Å². The highest BCUT2D eigenvalue weighted by atomic mass is 32.1. The van der Waals surface area contributed by atoms with Gasteiger partial charge >= 0.3 is 0 Å². The Labute approximate surface area is 159 Å². The SMILES string of the molecule is C[Si](C)(C)c1ccc2sc3c(-c4cc(C5CC5)ccn4)cccc3c2c1. The van der Waals surface area contributed by atoms with E-state index in [1.807, 2.05) is 17.5 Å². The molecule has 2 heterocycles. The normalized spacial score (nSPS) is 15.0. The summed E-state index contributed by atoms with van der Waals surface area (Å²) in [4.78, 5) is 4.71. The van der Waals surface area contributed by atoms with Crippen LogP contribution in [0.5, 0.6) is 0 Å². The van der Waals surface area contributed by atoms with Crippen LogP contribution in [0.4, 0.5) is 0 Å². The van der Waals surface area contributed by atoms with Crippen molar-refractivity contribution < 1.29 is 0 Å². The second-order valence-electron chi connectivity index (χ2n) is 8.49. The number of pyridine rings is 1. The first-order valence-electron chi connectivity index (χ1n) is 9.43. The van der Waals surface area contributed by atoms with Gasteiger partial charge in [-0.25, -0.2) is 0 Å². The predicted octanol–water partition coefficient (Wildman–Crippen LogP) is 6.54. The van der Waals surface area contributed by atoms with Crippen molar-refractivity contribution in [1.82, 2.24) is 4.98 Å². The van der Waals surface area contributed by atoms with Crippen LogP contribution in [0.2, 0.25) is 19.6 Å². The van der Waals surface area contributed by atoms with Crippen molar-refractivity contribution in [1.29, 1.82) is 0 Å². The zero-order valence-corrected chi connectivity index (χ0v) is 17.4. The molecule has 26 heavy (non-hydrogen) atoms. The summed E-state index contributed by atoms with van der Waals surface area (Å²) in [7, 11) is -1.31. The third-order valence-corrected chi connectivity index (χ3v) is 8.73. The highest BCUT2D eigenvalue weighted by molar-refractivity contribution is 7.26. The van der Waals surface area contributed by atoms with E-state index in [-0.39, 0.29) is 0 Å². The average molecular weight is 374 g/mol. The van der Waals surface area contributed by atoms with E-state index in [4.69, 9.17) is 4.98 Å². The summed E-state index contributed by atoms with van der Waals surface area (Å²) in [5, 5.41) is 4.32. The third kappa shape index (κ3) is 2.70. The van der Waals surface area contributed by atoms with E-state index in [1.54, 1.807) is 0 Å². The van der Waals surface area contributed by atoms with Gasteiger partial charge < -0.3 is 0 Å². The fourth-order valence-electron chi connectivity index (χ4n) is 3.73. The summed E-state index contributed by atoms with van der Waals surface area (Å²) in [6.45, 7) is 7.25. The quantitative estimate of drug-likeness (QED) is 0.372. The van der Waals surface area contributed by atoms with Crippen LogP contribution in [-0.2, 0) is 0 Å². The molecule has 5 rings (SSSR count). The zero-order valence-electron chi connectivity index (χ0n) is 15.5. The van der Waals surface area contributed by atoms with Gasteiger partial charge in [0, 0.05) is 31.9 Å². The van der Waals surface area contributed by atoms with Crippen LogP contribution in [-0.4, -0.2) is 13.1 Å². The van der Waals surface area contributed by atoms with Crippen molar-refractivity contribution >= 4 is 44.8 Å². The van der Waals surface area contributed by atoms with E-state index in [9.17, 15) is 0 Å². The van der Waals surface area contributed by atoms with Gasteiger partial charge in [-0.15, -0.1) is 11.3 Å². The van der Waals surface area contributed by atoms with Crippen LogP contribution in [0, 0.1) is 0 Å². The Morgan fingerprint density at radius 1 is 0.962 bits per heavy atom. The topological polar surface area (TPSA) is 12.9 Å².